The molecule has 2 N–H and O–H groups in total. The number of carbonyl (C=O) groups excluding carboxylic acids is 1. The Morgan fingerprint density at radius 3 is 2.88 bits per heavy atom. The van der Waals surface area contributed by atoms with Gasteiger partial charge in [0.2, 0.25) is 5.91 Å². The Morgan fingerprint density at radius 1 is 1.44 bits per heavy atom. The Kier molecular flexibility index (Phi) is 5.77. The van der Waals surface area contributed by atoms with Crippen molar-refractivity contribution in [2.45, 2.75) is 44.6 Å². The molecule has 94 valence electrons. The quantitative estimate of drug-likeness (QED) is 0.641. The van der Waals surface area contributed by atoms with Crippen molar-refractivity contribution in [3.63, 3.8) is 0 Å². The molecule has 1 fully saturated rings. The predicted octanol–water partition coefficient (Wildman–Crippen LogP) is 1.06. The van der Waals surface area contributed by atoms with Crippen molar-refractivity contribution in [3.05, 3.63) is 0 Å². The highest BCUT2D eigenvalue weighted by atomic mass is 16.5. The van der Waals surface area contributed by atoms with E-state index in [0.29, 0.717) is 0 Å². The fraction of sp³-hybridized carbons (Fsp3) is 0.917. The number of hydrogen-bond acceptors (Lipinski definition) is 3. The first-order valence-electron chi connectivity index (χ1n) is 6.21. The molecule has 0 saturated carbocycles. The molecule has 1 unspecified atom stereocenters. The number of amides is 1. The van der Waals surface area contributed by atoms with Gasteiger partial charge in [0.05, 0.1) is 5.54 Å². The average molecular weight is 228 g/mol. The number of methoxy groups -OCH3 is 1. The Bertz CT molecular complexity index is 213. The van der Waals surface area contributed by atoms with E-state index in [1.807, 2.05) is 6.92 Å². The third-order valence-corrected chi connectivity index (χ3v) is 3.18. The van der Waals surface area contributed by atoms with Gasteiger partial charge in [-0.25, -0.2) is 0 Å². The molecule has 4 nitrogen and oxygen atoms in total. The molecule has 16 heavy (non-hydrogen) atoms. The van der Waals surface area contributed by atoms with Crippen molar-refractivity contribution in [2.24, 2.45) is 0 Å². The second-order valence-electron chi connectivity index (χ2n) is 4.67. The molecule has 0 aromatic carbocycles. The van der Waals surface area contributed by atoms with Gasteiger partial charge in [0.1, 0.15) is 0 Å². The SMILES string of the molecule is COCCCCCNC(=O)C1(C)CCCN1. The Morgan fingerprint density at radius 2 is 2.25 bits per heavy atom. The fourth-order valence-corrected chi connectivity index (χ4v) is 2.03. The molecule has 1 rings (SSSR count). The minimum atomic E-state index is -0.327. The van der Waals surface area contributed by atoms with Gasteiger partial charge in [0.15, 0.2) is 0 Å². The zero-order valence-electron chi connectivity index (χ0n) is 10.5. The van der Waals surface area contributed by atoms with E-state index in [4.69, 9.17) is 4.74 Å². The number of carbonyl (C=O) groups is 1. The van der Waals surface area contributed by atoms with Crippen LogP contribution in [0.3, 0.4) is 0 Å². The molecule has 1 aliphatic rings. The number of unbranched alkanes of at least 4 members (excludes halogenated alkanes) is 2. The van der Waals surface area contributed by atoms with Gasteiger partial charge in [0.25, 0.3) is 0 Å². The zero-order chi connectivity index (χ0) is 11.9. The summed E-state index contributed by atoms with van der Waals surface area (Å²) in [6.45, 7) is 4.53. The standard InChI is InChI=1S/C12H24N2O2/c1-12(7-6-9-14-12)11(15)13-8-4-3-5-10-16-2/h14H,3-10H2,1-2H3,(H,13,15). The smallest absolute Gasteiger partial charge is 0.240 e. The first kappa shape index (κ1) is 13.5. The van der Waals surface area contributed by atoms with E-state index < -0.39 is 0 Å². The average Bonchev–Trinajstić information content (AvgIpc) is 2.71. The van der Waals surface area contributed by atoms with Gasteiger partial charge in [-0.3, -0.25) is 4.79 Å². The highest BCUT2D eigenvalue weighted by Crippen LogP contribution is 2.18. The molecular weight excluding hydrogens is 204 g/mol. The number of nitrogens with one attached hydrogen (secondary N) is 2. The number of ether oxygens (including phenoxy) is 1. The molecule has 0 radical (unpaired) electrons. The van der Waals surface area contributed by atoms with Gasteiger partial charge in [-0.15, -0.1) is 0 Å². The summed E-state index contributed by atoms with van der Waals surface area (Å²) in [4.78, 5) is 11.9. The molecule has 0 bridgehead atoms. The summed E-state index contributed by atoms with van der Waals surface area (Å²) < 4.78 is 4.97. The van der Waals surface area contributed by atoms with Gasteiger partial charge >= 0.3 is 0 Å². The summed E-state index contributed by atoms with van der Waals surface area (Å²) in [5, 5.41) is 6.26. The van der Waals surface area contributed by atoms with Crippen LogP contribution in [0.5, 0.6) is 0 Å². The highest BCUT2D eigenvalue weighted by molar-refractivity contribution is 5.86. The van der Waals surface area contributed by atoms with Crippen LogP contribution in [0.1, 0.15) is 39.0 Å². The van der Waals surface area contributed by atoms with Gasteiger partial charge < -0.3 is 15.4 Å². The van der Waals surface area contributed by atoms with Gasteiger partial charge in [0, 0.05) is 20.3 Å². The first-order chi connectivity index (χ1) is 7.69. The minimum Gasteiger partial charge on any atom is -0.385 e. The normalized spacial score (nSPS) is 24.6. The fourth-order valence-electron chi connectivity index (χ4n) is 2.03. The maximum atomic E-state index is 11.9. The predicted molar refractivity (Wildman–Crippen MR) is 64.4 cm³/mol. The van der Waals surface area contributed by atoms with E-state index >= 15 is 0 Å². The monoisotopic (exact) mass is 228 g/mol. The number of rotatable bonds is 7. The molecule has 1 amide bonds. The molecule has 1 heterocycles. The lowest BCUT2D eigenvalue weighted by Crippen LogP contribution is -2.51. The summed E-state index contributed by atoms with van der Waals surface area (Å²) >= 11 is 0. The summed E-state index contributed by atoms with van der Waals surface area (Å²) in [5.74, 6) is 0.150. The van der Waals surface area contributed by atoms with E-state index in [2.05, 4.69) is 10.6 Å². The molecule has 0 aromatic heterocycles. The minimum absolute atomic E-state index is 0.150. The zero-order valence-corrected chi connectivity index (χ0v) is 10.5. The number of hydrogen-bond donors (Lipinski definition) is 2. The van der Waals surface area contributed by atoms with Crippen LogP contribution < -0.4 is 10.6 Å². The van der Waals surface area contributed by atoms with Crippen LogP contribution in [0, 0.1) is 0 Å². The maximum absolute atomic E-state index is 11.9. The van der Waals surface area contributed by atoms with E-state index in [1.54, 1.807) is 7.11 Å². The lowest BCUT2D eigenvalue weighted by molar-refractivity contribution is -0.126. The van der Waals surface area contributed by atoms with Crippen molar-refractivity contribution < 1.29 is 9.53 Å². The van der Waals surface area contributed by atoms with Crippen LogP contribution in [0.15, 0.2) is 0 Å². The van der Waals surface area contributed by atoms with Crippen LogP contribution in [0.25, 0.3) is 0 Å². The highest BCUT2D eigenvalue weighted by Gasteiger charge is 2.35. The van der Waals surface area contributed by atoms with E-state index in [0.717, 1.165) is 51.8 Å². The molecular formula is C12H24N2O2. The van der Waals surface area contributed by atoms with Crippen molar-refractivity contribution in [1.82, 2.24) is 10.6 Å². The summed E-state index contributed by atoms with van der Waals surface area (Å²) in [6, 6.07) is 0. The molecule has 0 spiro atoms. The molecule has 0 aliphatic carbocycles. The van der Waals surface area contributed by atoms with E-state index in [9.17, 15) is 4.79 Å². The lowest BCUT2D eigenvalue weighted by Gasteiger charge is -2.22. The van der Waals surface area contributed by atoms with Crippen molar-refractivity contribution in [3.8, 4) is 0 Å². The van der Waals surface area contributed by atoms with Crippen molar-refractivity contribution in [2.75, 3.05) is 26.8 Å². The van der Waals surface area contributed by atoms with Gasteiger partial charge in [-0.05, 0) is 45.6 Å². The lowest BCUT2D eigenvalue weighted by atomic mass is 9.99. The van der Waals surface area contributed by atoms with Crippen molar-refractivity contribution in [1.29, 1.82) is 0 Å². The van der Waals surface area contributed by atoms with E-state index in [-0.39, 0.29) is 11.4 Å². The van der Waals surface area contributed by atoms with Crippen LogP contribution >= 0.6 is 0 Å². The first-order valence-corrected chi connectivity index (χ1v) is 6.21. The van der Waals surface area contributed by atoms with Crippen molar-refractivity contribution >= 4 is 5.91 Å². The Labute approximate surface area is 98.1 Å². The summed E-state index contributed by atoms with van der Waals surface area (Å²) in [6.07, 6.45) is 5.26. The van der Waals surface area contributed by atoms with Crippen LogP contribution in [0.2, 0.25) is 0 Å². The van der Waals surface area contributed by atoms with Crippen LogP contribution in [-0.4, -0.2) is 38.3 Å². The second-order valence-corrected chi connectivity index (χ2v) is 4.67. The summed E-state index contributed by atoms with van der Waals surface area (Å²) in [5.41, 5.74) is -0.327. The van der Waals surface area contributed by atoms with Crippen LogP contribution in [-0.2, 0) is 9.53 Å². The van der Waals surface area contributed by atoms with Crippen LogP contribution in [0.4, 0.5) is 0 Å². The topological polar surface area (TPSA) is 50.4 Å². The Balaban J connectivity index is 2.06. The maximum Gasteiger partial charge on any atom is 0.240 e. The summed E-state index contributed by atoms with van der Waals surface area (Å²) in [7, 11) is 1.72. The third-order valence-electron chi connectivity index (χ3n) is 3.18. The molecule has 1 saturated heterocycles. The largest absolute Gasteiger partial charge is 0.385 e. The molecule has 1 aliphatic heterocycles. The third kappa shape index (κ3) is 4.10. The Hall–Kier alpha value is -0.610. The second kappa shape index (κ2) is 6.86. The molecule has 0 aromatic rings. The van der Waals surface area contributed by atoms with Gasteiger partial charge in [-0.1, -0.05) is 0 Å². The molecule has 1 atom stereocenters. The van der Waals surface area contributed by atoms with E-state index in [1.165, 1.54) is 0 Å². The molecule has 4 heteroatoms. The van der Waals surface area contributed by atoms with Gasteiger partial charge in [-0.2, -0.15) is 0 Å².